The highest BCUT2D eigenvalue weighted by atomic mass is 79.9. The van der Waals surface area contributed by atoms with Gasteiger partial charge in [0.2, 0.25) is 0 Å². The SMILES string of the molecule is COC(=O)C1(N)CCCC(n2nc(C)c(Br)c2C)C1. The fraction of sp³-hybridized carbons (Fsp3) is 0.692. The van der Waals surface area contributed by atoms with Gasteiger partial charge in [0.1, 0.15) is 5.54 Å². The molecule has 6 heteroatoms. The second kappa shape index (κ2) is 5.25. The summed E-state index contributed by atoms with van der Waals surface area (Å²) in [6, 6.07) is 0.155. The third-order valence-electron chi connectivity index (χ3n) is 3.93. The van der Waals surface area contributed by atoms with E-state index >= 15 is 0 Å². The molecule has 5 nitrogen and oxygen atoms in total. The lowest BCUT2D eigenvalue weighted by molar-refractivity contribution is -0.149. The standard InChI is InChI=1S/C13H20BrN3O2/c1-8-11(14)9(2)17(16-8)10-5-4-6-13(15,7-10)12(18)19-3/h10H,4-7,15H2,1-3H3. The molecule has 0 spiro atoms. The molecular weight excluding hydrogens is 310 g/mol. The molecule has 2 rings (SSSR count). The Labute approximate surface area is 121 Å². The molecule has 0 radical (unpaired) electrons. The van der Waals surface area contributed by atoms with E-state index in [1.807, 2.05) is 18.5 Å². The van der Waals surface area contributed by atoms with Crippen LogP contribution in [0.4, 0.5) is 0 Å². The third kappa shape index (κ3) is 2.56. The summed E-state index contributed by atoms with van der Waals surface area (Å²) in [7, 11) is 1.39. The molecule has 1 fully saturated rings. The maximum absolute atomic E-state index is 11.8. The summed E-state index contributed by atoms with van der Waals surface area (Å²) in [5.41, 5.74) is 7.37. The van der Waals surface area contributed by atoms with E-state index in [9.17, 15) is 4.79 Å². The van der Waals surface area contributed by atoms with Crippen molar-refractivity contribution in [1.82, 2.24) is 9.78 Å². The van der Waals surface area contributed by atoms with Crippen LogP contribution in [0.25, 0.3) is 0 Å². The van der Waals surface area contributed by atoms with E-state index in [4.69, 9.17) is 10.5 Å². The molecule has 1 aliphatic carbocycles. The number of aryl methyl sites for hydroxylation is 1. The minimum absolute atomic E-state index is 0.155. The van der Waals surface area contributed by atoms with Gasteiger partial charge in [0.05, 0.1) is 29.0 Å². The van der Waals surface area contributed by atoms with E-state index < -0.39 is 5.54 Å². The van der Waals surface area contributed by atoms with Crippen LogP contribution in [0.5, 0.6) is 0 Å². The Morgan fingerprint density at radius 3 is 2.79 bits per heavy atom. The van der Waals surface area contributed by atoms with Gasteiger partial charge in [-0.1, -0.05) is 0 Å². The molecule has 19 heavy (non-hydrogen) atoms. The molecule has 1 heterocycles. The van der Waals surface area contributed by atoms with Crippen LogP contribution in [0.3, 0.4) is 0 Å². The first-order chi connectivity index (χ1) is 8.89. The minimum atomic E-state index is -0.879. The van der Waals surface area contributed by atoms with Crippen LogP contribution in [0.2, 0.25) is 0 Å². The second-order valence-electron chi connectivity index (χ2n) is 5.33. The number of carbonyl (C=O) groups is 1. The third-order valence-corrected chi connectivity index (χ3v) is 5.08. The van der Waals surface area contributed by atoms with Crippen LogP contribution in [0.1, 0.15) is 43.1 Å². The molecular formula is C13H20BrN3O2. The summed E-state index contributed by atoms with van der Waals surface area (Å²) < 4.78 is 7.85. The van der Waals surface area contributed by atoms with Gasteiger partial charge in [-0.25, -0.2) is 0 Å². The predicted octanol–water partition coefficient (Wildman–Crippen LogP) is 2.25. The highest BCUT2D eigenvalue weighted by Gasteiger charge is 2.41. The molecule has 0 bridgehead atoms. The van der Waals surface area contributed by atoms with Crippen molar-refractivity contribution in [2.45, 2.75) is 51.1 Å². The molecule has 106 valence electrons. The van der Waals surface area contributed by atoms with E-state index in [0.29, 0.717) is 12.8 Å². The van der Waals surface area contributed by atoms with Crippen LogP contribution < -0.4 is 5.73 Å². The summed E-state index contributed by atoms with van der Waals surface area (Å²) >= 11 is 3.53. The number of hydrogen-bond donors (Lipinski definition) is 1. The summed E-state index contributed by atoms with van der Waals surface area (Å²) in [4.78, 5) is 11.8. The maximum Gasteiger partial charge on any atom is 0.325 e. The van der Waals surface area contributed by atoms with Gasteiger partial charge < -0.3 is 10.5 Å². The predicted molar refractivity (Wildman–Crippen MR) is 75.8 cm³/mol. The average molecular weight is 330 g/mol. The Hall–Kier alpha value is -0.880. The van der Waals surface area contributed by atoms with Gasteiger partial charge in [-0.3, -0.25) is 9.48 Å². The maximum atomic E-state index is 11.8. The Morgan fingerprint density at radius 1 is 1.58 bits per heavy atom. The lowest BCUT2D eigenvalue weighted by Gasteiger charge is -2.36. The van der Waals surface area contributed by atoms with Crippen LogP contribution in [0.15, 0.2) is 4.47 Å². The summed E-state index contributed by atoms with van der Waals surface area (Å²) in [6.45, 7) is 3.99. The first-order valence-corrected chi connectivity index (χ1v) is 7.27. The molecule has 1 aromatic heterocycles. The topological polar surface area (TPSA) is 70.1 Å². The number of nitrogens with zero attached hydrogens (tertiary/aromatic N) is 2. The second-order valence-corrected chi connectivity index (χ2v) is 6.12. The van der Waals surface area contributed by atoms with Crippen molar-refractivity contribution in [3.8, 4) is 0 Å². The van der Waals surface area contributed by atoms with E-state index in [2.05, 4.69) is 21.0 Å². The van der Waals surface area contributed by atoms with Crippen molar-refractivity contribution in [2.75, 3.05) is 7.11 Å². The fourth-order valence-corrected chi connectivity index (χ4v) is 3.13. The summed E-state index contributed by atoms with van der Waals surface area (Å²) in [6.07, 6.45) is 3.15. The molecule has 2 unspecified atom stereocenters. The smallest absolute Gasteiger partial charge is 0.325 e. The van der Waals surface area contributed by atoms with Crippen molar-refractivity contribution in [3.63, 3.8) is 0 Å². The highest BCUT2D eigenvalue weighted by molar-refractivity contribution is 9.10. The Bertz CT molecular complexity index is 500. The van der Waals surface area contributed by atoms with Crippen LogP contribution >= 0.6 is 15.9 Å². The number of hydrogen-bond acceptors (Lipinski definition) is 4. The molecule has 2 N–H and O–H groups in total. The number of nitrogens with two attached hydrogens (primary N) is 1. The van der Waals surface area contributed by atoms with Gasteiger partial charge in [-0.05, 0) is 55.5 Å². The first-order valence-electron chi connectivity index (χ1n) is 6.47. The number of methoxy groups -OCH3 is 1. The van der Waals surface area contributed by atoms with E-state index in [1.54, 1.807) is 0 Å². The van der Waals surface area contributed by atoms with Crippen LogP contribution in [-0.4, -0.2) is 28.4 Å². The molecule has 1 aromatic rings. The monoisotopic (exact) mass is 329 g/mol. The normalized spacial score (nSPS) is 27.3. The van der Waals surface area contributed by atoms with Gasteiger partial charge in [-0.2, -0.15) is 5.10 Å². The van der Waals surface area contributed by atoms with Crippen LogP contribution in [-0.2, 0) is 9.53 Å². The number of esters is 1. The van der Waals surface area contributed by atoms with E-state index in [1.165, 1.54) is 7.11 Å². The first kappa shape index (κ1) is 14.5. The number of rotatable bonds is 2. The van der Waals surface area contributed by atoms with Crippen molar-refractivity contribution in [1.29, 1.82) is 0 Å². The van der Waals surface area contributed by atoms with E-state index in [-0.39, 0.29) is 12.0 Å². The molecule has 1 aliphatic rings. The number of carbonyl (C=O) groups excluding carboxylic acids is 1. The highest BCUT2D eigenvalue weighted by Crippen LogP contribution is 2.36. The Kier molecular flexibility index (Phi) is 4.01. The fourth-order valence-electron chi connectivity index (χ4n) is 2.87. The number of halogens is 1. The molecule has 1 saturated carbocycles. The molecule has 0 saturated heterocycles. The average Bonchev–Trinajstić information content (AvgIpc) is 2.65. The summed E-state index contributed by atoms with van der Waals surface area (Å²) in [5, 5.41) is 4.55. The zero-order chi connectivity index (χ0) is 14.2. The van der Waals surface area contributed by atoms with Gasteiger partial charge in [0.15, 0.2) is 0 Å². The molecule has 0 amide bonds. The Balaban J connectivity index is 2.26. The largest absolute Gasteiger partial charge is 0.468 e. The number of ether oxygens (including phenoxy) is 1. The lowest BCUT2D eigenvalue weighted by Crippen LogP contribution is -2.52. The zero-order valence-corrected chi connectivity index (χ0v) is 13.2. The van der Waals surface area contributed by atoms with Crippen LogP contribution in [0, 0.1) is 13.8 Å². The van der Waals surface area contributed by atoms with Gasteiger partial charge in [-0.15, -0.1) is 0 Å². The number of aromatic nitrogens is 2. The van der Waals surface area contributed by atoms with Crippen molar-refractivity contribution >= 4 is 21.9 Å². The van der Waals surface area contributed by atoms with Gasteiger partial charge >= 0.3 is 5.97 Å². The van der Waals surface area contributed by atoms with Crippen molar-refractivity contribution in [2.24, 2.45) is 5.73 Å². The van der Waals surface area contributed by atoms with Gasteiger partial charge in [0, 0.05) is 0 Å². The summed E-state index contributed by atoms with van der Waals surface area (Å²) in [5.74, 6) is -0.321. The lowest BCUT2D eigenvalue weighted by atomic mass is 9.79. The van der Waals surface area contributed by atoms with Gasteiger partial charge in [0.25, 0.3) is 0 Å². The quantitative estimate of drug-likeness (QED) is 0.845. The van der Waals surface area contributed by atoms with Crippen molar-refractivity contribution < 1.29 is 9.53 Å². The minimum Gasteiger partial charge on any atom is -0.468 e. The Morgan fingerprint density at radius 2 is 2.26 bits per heavy atom. The van der Waals surface area contributed by atoms with Crippen molar-refractivity contribution in [3.05, 3.63) is 15.9 Å². The molecule has 0 aromatic carbocycles. The molecule has 2 atom stereocenters. The molecule has 0 aliphatic heterocycles. The van der Waals surface area contributed by atoms with E-state index in [0.717, 1.165) is 28.7 Å². The zero-order valence-electron chi connectivity index (χ0n) is 11.6.